The molecule has 1 aromatic rings. The van der Waals surface area contributed by atoms with E-state index in [4.69, 9.17) is 10.5 Å². The summed E-state index contributed by atoms with van der Waals surface area (Å²) in [6.07, 6.45) is 1.99. The van der Waals surface area contributed by atoms with Gasteiger partial charge in [-0.2, -0.15) is 0 Å². The fourth-order valence-electron chi connectivity index (χ4n) is 3.40. The zero-order valence-electron chi connectivity index (χ0n) is 16.2. The Morgan fingerprint density at radius 2 is 1.96 bits per heavy atom. The standard InChI is InChI=1S/C20H31N3O3/c1-13(2)18(20(25)23-11-7-8-15(12-23)14(3)21)22-19(24)16-9-5-6-10-17(16)26-4/h5-6,9-10,13-15,18H,7-8,11-12,21H2,1-4H3,(H,22,24). The summed E-state index contributed by atoms with van der Waals surface area (Å²) in [6, 6.07) is 6.51. The molecular weight excluding hydrogens is 330 g/mol. The quantitative estimate of drug-likeness (QED) is 0.812. The van der Waals surface area contributed by atoms with Gasteiger partial charge in [-0.3, -0.25) is 9.59 Å². The Kier molecular flexibility index (Phi) is 7.03. The molecule has 1 aromatic carbocycles. The maximum atomic E-state index is 13.1. The third-order valence-corrected chi connectivity index (χ3v) is 5.08. The van der Waals surface area contributed by atoms with Gasteiger partial charge in [0.25, 0.3) is 5.91 Å². The molecule has 2 amide bonds. The number of amides is 2. The van der Waals surface area contributed by atoms with Crippen molar-refractivity contribution in [3.63, 3.8) is 0 Å². The molecule has 3 unspecified atom stereocenters. The van der Waals surface area contributed by atoms with E-state index in [-0.39, 0.29) is 23.8 Å². The van der Waals surface area contributed by atoms with Crippen LogP contribution < -0.4 is 15.8 Å². The van der Waals surface area contributed by atoms with Crippen LogP contribution in [0.4, 0.5) is 0 Å². The number of carbonyl (C=O) groups excluding carboxylic acids is 2. The fraction of sp³-hybridized carbons (Fsp3) is 0.600. The summed E-state index contributed by atoms with van der Waals surface area (Å²) in [7, 11) is 1.53. The molecule has 6 heteroatoms. The van der Waals surface area contributed by atoms with E-state index in [0.717, 1.165) is 19.4 Å². The van der Waals surface area contributed by atoms with E-state index in [1.807, 2.05) is 31.7 Å². The molecule has 26 heavy (non-hydrogen) atoms. The molecular formula is C20H31N3O3. The minimum Gasteiger partial charge on any atom is -0.496 e. The molecule has 1 aliphatic rings. The highest BCUT2D eigenvalue weighted by Gasteiger charge is 2.33. The number of methoxy groups -OCH3 is 1. The Morgan fingerprint density at radius 1 is 1.27 bits per heavy atom. The van der Waals surface area contributed by atoms with Crippen molar-refractivity contribution in [1.29, 1.82) is 0 Å². The summed E-state index contributed by atoms with van der Waals surface area (Å²) < 4.78 is 5.26. The molecule has 3 atom stereocenters. The van der Waals surface area contributed by atoms with Crippen LogP contribution in [-0.4, -0.2) is 49.0 Å². The van der Waals surface area contributed by atoms with Crippen LogP contribution in [0.2, 0.25) is 0 Å². The lowest BCUT2D eigenvalue weighted by Gasteiger charge is -2.37. The Labute approximate surface area is 156 Å². The first-order chi connectivity index (χ1) is 12.3. The molecule has 1 heterocycles. The summed E-state index contributed by atoms with van der Waals surface area (Å²) in [5.41, 5.74) is 6.46. The topological polar surface area (TPSA) is 84.7 Å². The van der Waals surface area contributed by atoms with Crippen LogP contribution in [-0.2, 0) is 4.79 Å². The third-order valence-electron chi connectivity index (χ3n) is 5.08. The van der Waals surface area contributed by atoms with Crippen molar-refractivity contribution in [2.24, 2.45) is 17.6 Å². The van der Waals surface area contributed by atoms with E-state index in [9.17, 15) is 9.59 Å². The summed E-state index contributed by atoms with van der Waals surface area (Å²) >= 11 is 0. The minimum absolute atomic E-state index is 0.0168. The lowest BCUT2D eigenvalue weighted by atomic mass is 9.91. The van der Waals surface area contributed by atoms with Gasteiger partial charge in [0.1, 0.15) is 11.8 Å². The van der Waals surface area contributed by atoms with Crippen LogP contribution >= 0.6 is 0 Å². The summed E-state index contributed by atoms with van der Waals surface area (Å²) in [5, 5.41) is 2.91. The molecule has 0 radical (unpaired) electrons. The van der Waals surface area contributed by atoms with Gasteiger partial charge in [-0.05, 0) is 43.7 Å². The Hall–Kier alpha value is -2.08. The highest BCUT2D eigenvalue weighted by Crippen LogP contribution is 2.22. The number of hydrogen-bond acceptors (Lipinski definition) is 4. The zero-order chi connectivity index (χ0) is 19.3. The average Bonchev–Trinajstić information content (AvgIpc) is 2.65. The smallest absolute Gasteiger partial charge is 0.255 e. The fourth-order valence-corrected chi connectivity index (χ4v) is 3.40. The normalized spacial score (nSPS) is 19.8. The van der Waals surface area contributed by atoms with Gasteiger partial charge in [0, 0.05) is 19.1 Å². The SMILES string of the molecule is COc1ccccc1C(=O)NC(C(=O)N1CCCC(C(C)N)C1)C(C)C. The number of nitrogens with zero attached hydrogens (tertiary/aromatic N) is 1. The van der Waals surface area contributed by atoms with Crippen molar-refractivity contribution in [2.45, 2.75) is 45.7 Å². The molecule has 0 spiro atoms. The monoisotopic (exact) mass is 361 g/mol. The lowest BCUT2D eigenvalue weighted by Crippen LogP contribution is -2.54. The number of ether oxygens (including phenoxy) is 1. The van der Waals surface area contributed by atoms with Gasteiger partial charge in [-0.15, -0.1) is 0 Å². The molecule has 0 bridgehead atoms. The largest absolute Gasteiger partial charge is 0.496 e. The second-order valence-corrected chi connectivity index (χ2v) is 7.44. The number of nitrogens with one attached hydrogen (secondary N) is 1. The minimum atomic E-state index is -0.570. The van der Waals surface area contributed by atoms with E-state index >= 15 is 0 Å². The van der Waals surface area contributed by atoms with Gasteiger partial charge in [0.2, 0.25) is 5.91 Å². The second-order valence-electron chi connectivity index (χ2n) is 7.44. The predicted octanol–water partition coefficient (Wildman–Crippen LogP) is 2.04. The van der Waals surface area contributed by atoms with Crippen molar-refractivity contribution in [1.82, 2.24) is 10.2 Å². The molecule has 144 valence electrons. The van der Waals surface area contributed by atoms with Gasteiger partial charge in [0.05, 0.1) is 12.7 Å². The first-order valence-corrected chi connectivity index (χ1v) is 9.33. The Bertz CT molecular complexity index is 630. The number of hydrogen-bond donors (Lipinski definition) is 2. The van der Waals surface area contributed by atoms with Crippen LogP contribution in [0, 0.1) is 11.8 Å². The maximum absolute atomic E-state index is 13.1. The van der Waals surface area contributed by atoms with Gasteiger partial charge in [-0.1, -0.05) is 26.0 Å². The molecule has 1 saturated heterocycles. The molecule has 2 rings (SSSR count). The highest BCUT2D eigenvalue weighted by molar-refractivity contribution is 5.99. The van der Waals surface area contributed by atoms with Gasteiger partial charge in [0.15, 0.2) is 0 Å². The van der Waals surface area contributed by atoms with Crippen LogP contribution in [0.1, 0.15) is 44.0 Å². The molecule has 1 fully saturated rings. The van der Waals surface area contributed by atoms with Crippen LogP contribution in [0.3, 0.4) is 0 Å². The van der Waals surface area contributed by atoms with Crippen LogP contribution in [0.25, 0.3) is 0 Å². The number of likely N-dealkylation sites (tertiary alicyclic amines) is 1. The highest BCUT2D eigenvalue weighted by atomic mass is 16.5. The Balaban J connectivity index is 2.13. The number of para-hydroxylation sites is 1. The number of rotatable bonds is 6. The van der Waals surface area contributed by atoms with Crippen molar-refractivity contribution in [2.75, 3.05) is 20.2 Å². The average molecular weight is 361 g/mol. The molecule has 3 N–H and O–H groups in total. The predicted molar refractivity (Wildman–Crippen MR) is 102 cm³/mol. The Morgan fingerprint density at radius 3 is 2.58 bits per heavy atom. The van der Waals surface area contributed by atoms with Crippen molar-refractivity contribution in [3.05, 3.63) is 29.8 Å². The van der Waals surface area contributed by atoms with Crippen LogP contribution in [0.5, 0.6) is 5.75 Å². The first-order valence-electron chi connectivity index (χ1n) is 9.33. The number of carbonyl (C=O) groups is 2. The van der Waals surface area contributed by atoms with E-state index in [2.05, 4.69) is 5.32 Å². The first kappa shape index (κ1) is 20.2. The lowest BCUT2D eigenvalue weighted by molar-refractivity contribution is -0.136. The molecule has 1 aliphatic heterocycles. The second kappa shape index (κ2) is 9.03. The van der Waals surface area contributed by atoms with Crippen molar-refractivity contribution in [3.8, 4) is 5.75 Å². The third kappa shape index (κ3) is 4.75. The molecule has 0 aromatic heterocycles. The van der Waals surface area contributed by atoms with Gasteiger partial charge < -0.3 is 20.7 Å². The van der Waals surface area contributed by atoms with E-state index in [1.54, 1.807) is 18.2 Å². The van der Waals surface area contributed by atoms with E-state index in [0.29, 0.717) is 23.8 Å². The van der Waals surface area contributed by atoms with Crippen molar-refractivity contribution < 1.29 is 14.3 Å². The van der Waals surface area contributed by atoms with Crippen LogP contribution in [0.15, 0.2) is 24.3 Å². The molecule has 0 saturated carbocycles. The summed E-state index contributed by atoms with van der Waals surface area (Å²) in [4.78, 5) is 27.6. The maximum Gasteiger partial charge on any atom is 0.255 e. The zero-order valence-corrected chi connectivity index (χ0v) is 16.2. The molecule has 0 aliphatic carbocycles. The van der Waals surface area contributed by atoms with Crippen molar-refractivity contribution >= 4 is 11.8 Å². The van der Waals surface area contributed by atoms with E-state index in [1.165, 1.54) is 7.11 Å². The van der Waals surface area contributed by atoms with E-state index < -0.39 is 6.04 Å². The molecule has 6 nitrogen and oxygen atoms in total. The summed E-state index contributed by atoms with van der Waals surface area (Å²) in [6.45, 7) is 7.25. The number of nitrogens with two attached hydrogens (primary N) is 1. The summed E-state index contributed by atoms with van der Waals surface area (Å²) in [5.74, 6) is 0.459. The van der Waals surface area contributed by atoms with Gasteiger partial charge >= 0.3 is 0 Å². The number of piperidine rings is 1. The van der Waals surface area contributed by atoms with Gasteiger partial charge in [-0.25, -0.2) is 0 Å². The number of benzene rings is 1.